The van der Waals surface area contributed by atoms with Crippen LogP contribution < -0.4 is 5.56 Å². The van der Waals surface area contributed by atoms with Crippen LogP contribution in [-0.4, -0.2) is 14.1 Å². The molecule has 0 radical (unpaired) electrons. The first-order valence-electron chi connectivity index (χ1n) is 10.2. The van der Waals surface area contributed by atoms with E-state index in [4.69, 9.17) is 4.74 Å². The highest BCUT2D eigenvalue weighted by Gasteiger charge is 2.17. The molecule has 5 nitrogen and oxygen atoms in total. The molecule has 0 atom stereocenters. The van der Waals surface area contributed by atoms with Gasteiger partial charge in [0.05, 0.1) is 17.7 Å². The van der Waals surface area contributed by atoms with Gasteiger partial charge in [0, 0.05) is 5.69 Å². The van der Waals surface area contributed by atoms with Crippen LogP contribution >= 0.6 is 0 Å². The van der Waals surface area contributed by atoms with Crippen molar-refractivity contribution in [1.29, 1.82) is 0 Å². The van der Waals surface area contributed by atoms with Gasteiger partial charge < -0.3 is 4.74 Å². The first-order valence-corrected chi connectivity index (χ1v) is 10.2. The molecule has 5 aromatic rings. The van der Waals surface area contributed by atoms with E-state index in [2.05, 4.69) is 4.98 Å². The van der Waals surface area contributed by atoms with Crippen molar-refractivity contribution in [2.75, 3.05) is 0 Å². The zero-order valence-electron chi connectivity index (χ0n) is 17.2. The van der Waals surface area contributed by atoms with Crippen LogP contribution in [-0.2, 0) is 18.1 Å². The molecule has 2 heterocycles. The fourth-order valence-electron chi connectivity index (χ4n) is 3.72. The number of halogens is 1. The highest BCUT2D eigenvalue weighted by molar-refractivity contribution is 5.85. The van der Waals surface area contributed by atoms with E-state index in [1.54, 1.807) is 12.1 Å². The second-order valence-electron chi connectivity index (χ2n) is 7.43. The SMILES string of the molecule is O=c1c2cc(-c3ccccc3)n(-c3ccc(F)cc3)c2ncn1COCc1ccccc1. The minimum absolute atomic E-state index is 0.0963. The third kappa shape index (κ3) is 3.84. The van der Waals surface area contributed by atoms with Gasteiger partial charge in [0.2, 0.25) is 0 Å². The van der Waals surface area contributed by atoms with E-state index in [0.717, 1.165) is 22.5 Å². The average molecular weight is 425 g/mol. The van der Waals surface area contributed by atoms with Crippen molar-refractivity contribution in [3.8, 4) is 16.9 Å². The van der Waals surface area contributed by atoms with Crippen molar-refractivity contribution in [2.24, 2.45) is 0 Å². The van der Waals surface area contributed by atoms with E-state index < -0.39 is 0 Å². The summed E-state index contributed by atoms with van der Waals surface area (Å²) >= 11 is 0. The number of aromatic nitrogens is 3. The molecule has 6 heteroatoms. The van der Waals surface area contributed by atoms with E-state index in [1.807, 2.05) is 71.3 Å². The number of nitrogens with zero attached hydrogens (tertiary/aromatic N) is 3. The normalized spacial score (nSPS) is 11.2. The maximum atomic E-state index is 13.5. The molecule has 0 saturated heterocycles. The molecule has 0 aliphatic carbocycles. The zero-order chi connectivity index (χ0) is 21.9. The summed E-state index contributed by atoms with van der Waals surface area (Å²) in [5, 5.41) is 0.471. The molecular formula is C26H20FN3O2. The molecule has 5 rings (SSSR count). The third-order valence-corrected chi connectivity index (χ3v) is 5.28. The Morgan fingerprint density at radius 3 is 2.28 bits per heavy atom. The van der Waals surface area contributed by atoms with Gasteiger partial charge in [0.1, 0.15) is 18.9 Å². The molecule has 0 unspecified atom stereocenters. The lowest BCUT2D eigenvalue weighted by Gasteiger charge is -2.11. The molecule has 0 amide bonds. The summed E-state index contributed by atoms with van der Waals surface area (Å²) in [5.74, 6) is -0.322. The minimum atomic E-state index is -0.322. The molecule has 0 N–H and O–H groups in total. The van der Waals surface area contributed by atoms with Crippen LogP contribution in [0.3, 0.4) is 0 Å². The van der Waals surface area contributed by atoms with Gasteiger partial charge >= 0.3 is 0 Å². The Balaban J connectivity index is 1.56. The van der Waals surface area contributed by atoms with Gasteiger partial charge in [-0.05, 0) is 41.5 Å². The molecule has 0 aliphatic heterocycles. The van der Waals surface area contributed by atoms with E-state index in [9.17, 15) is 9.18 Å². The Labute approximate surface area is 184 Å². The second kappa shape index (κ2) is 8.61. The Kier molecular flexibility index (Phi) is 5.35. The van der Waals surface area contributed by atoms with Crippen LogP contribution in [0, 0.1) is 5.82 Å². The molecule has 3 aromatic carbocycles. The van der Waals surface area contributed by atoms with Crippen LogP contribution in [0.1, 0.15) is 5.56 Å². The highest BCUT2D eigenvalue weighted by atomic mass is 19.1. The quantitative estimate of drug-likeness (QED) is 0.377. The molecule has 32 heavy (non-hydrogen) atoms. The predicted molar refractivity (Wildman–Crippen MR) is 122 cm³/mol. The largest absolute Gasteiger partial charge is 0.356 e. The van der Waals surface area contributed by atoms with Gasteiger partial charge in [0.15, 0.2) is 5.65 Å². The minimum Gasteiger partial charge on any atom is -0.356 e. The number of rotatable bonds is 6. The third-order valence-electron chi connectivity index (χ3n) is 5.28. The van der Waals surface area contributed by atoms with Gasteiger partial charge in [-0.25, -0.2) is 9.37 Å². The van der Waals surface area contributed by atoms with Gasteiger partial charge in [0.25, 0.3) is 5.56 Å². The van der Waals surface area contributed by atoms with E-state index in [1.165, 1.54) is 23.0 Å². The van der Waals surface area contributed by atoms with E-state index in [-0.39, 0.29) is 18.1 Å². The number of ether oxygens (including phenoxy) is 1. The molecule has 0 fully saturated rings. The monoisotopic (exact) mass is 425 g/mol. The smallest absolute Gasteiger partial charge is 0.264 e. The van der Waals surface area contributed by atoms with E-state index >= 15 is 0 Å². The molecule has 0 spiro atoms. The lowest BCUT2D eigenvalue weighted by atomic mass is 10.1. The van der Waals surface area contributed by atoms with Gasteiger partial charge in [-0.2, -0.15) is 0 Å². The van der Waals surface area contributed by atoms with E-state index in [0.29, 0.717) is 17.6 Å². The second-order valence-corrected chi connectivity index (χ2v) is 7.43. The van der Waals surface area contributed by atoms with Crippen molar-refractivity contribution in [3.63, 3.8) is 0 Å². The number of fused-ring (bicyclic) bond motifs is 1. The fourth-order valence-corrected chi connectivity index (χ4v) is 3.72. The summed E-state index contributed by atoms with van der Waals surface area (Å²) in [7, 11) is 0. The van der Waals surface area contributed by atoms with Crippen molar-refractivity contribution in [3.05, 3.63) is 119 Å². The molecule has 0 bridgehead atoms. The maximum absolute atomic E-state index is 13.5. The first kappa shape index (κ1) is 19.9. The van der Waals surface area contributed by atoms with Gasteiger partial charge in [-0.15, -0.1) is 0 Å². The summed E-state index contributed by atoms with van der Waals surface area (Å²) in [6.45, 7) is 0.496. The van der Waals surface area contributed by atoms with Crippen LogP contribution in [0.15, 0.2) is 102 Å². The van der Waals surface area contributed by atoms with Gasteiger partial charge in [-0.1, -0.05) is 60.7 Å². The molecule has 158 valence electrons. The summed E-state index contributed by atoms with van der Waals surface area (Å²) < 4.78 is 22.6. The maximum Gasteiger partial charge on any atom is 0.264 e. The summed E-state index contributed by atoms with van der Waals surface area (Å²) in [4.78, 5) is 17.8. The fraction of sp³-hybridized carbons (Fsp3) is 0.0769. The number of hydrogen-bond donors (Lipinski definition) is 0. The van der Waals surface area contributed by atoms with Crippen LogP contribution in [0.5, 0.6) is 0 Å². The Morgan fingerprint density at radius 2 is 1.56 bits per heavy atom. The molecule has 2 aromatic heterocycles. The number of hydrogen-bond acceptors (Lipinski definition) is 3. The Morgan fingerprint density at radius 1 is 0.875 bits per heavy atom. The Hall–Kier alpha value is -4.03. The van der Waals surface area contributed by atoms with Crippen LogP contribution in [0.25, 0.3) is 28.0 Å². The predicted octanol–water partition coefficient (Wildman–Crippen LogP) is 5.17. The highest BCUT2D eigenvalue weighted by Crippen LogP contribution is 2.29. The molecule has 0 saturated carbocycles. The Bertz CT molecular complexity index is 1410. The lowest BCUT2D eigenvalue weighted by molar-refractivity contribution is 0.0614. The lowest BCUT2D eigenvalue weighted by Crippen LogP contribution is -2.21. The number of benzene rings is 3. The van der Waals surface area contributed by atoms with Crippen LogP contribution in [0.4, 0.5) is 4.39 Å². The van der Waals surface area contributed by atoms with Crippen molar-refractivity contribution in [2.45, 2.75) is 13.3 Å². The average Bonchev–Trinajstić information content (AvgIpc) is 3.23. The van der Waals surface area contributed by atoms with Crippen molar-refractivity contribution >= 4 is 11.0 Å². The summed E-state index contributed by atoms with van der Waals surface area (Å²) in [6, 6.07) is 27.5. The van der Waals surface area contributed by atoms with Crippen molar-refractivity contribution in [1.82, 2.24) is 14.1 Å². The summed E-state index contributed by atoms with van der Waals surface area (Å²) in [6.07, 6.45) is 1.49. The molecule has 0 aliphatic rings. The first-order chi connectivity index (χ1) is 15.7. The zero-order valence-corrected chi connectivity index (χ0v) is 17.2. The van der Waals surface area contributed by atoms with Crippen LogP contribution in [0.2, 0.25) is 0 Å². The topological polar surface area (TPSA) is 49.0 Å². The standard InChI is InChI=1S/C26H20FN3O2/c27-21-11-13-22(14-12-21)30-24(20-9-5-2-6-10-20)15-23-25(30)28-17-29(26(23)31)18-32-16-19-7-3-1-4-8-19/h1-15,17H,16,18H2. The van der Waals surface area contributed by atoms with Crippen molar-refractivity contribution < 1.29 is 9.13 Å². The molecular weight excluding hydrogens is 405 g/mol. The summed E-state index contributed by atoms with van der Waals surface area (Å²) in [5.41, 5.74) is 3.82. The van der Waals surface area contributed by atoms with Gasteiger partial charge in [-0.3, -0.25) is 13.9 Å².